The lowest BCUT2D eigenvalue weighted by atomic mass is 10.2. The summed E-state index contributed by atoms with van der Waals surface area (Å²) in [6, 6.07) is 9.74. The van der Waals surface area contributed by atoms with E-state index in [2.05, 4.69) is 0 Å². The highest BCUT2D eigenvalue weighted by molar-refractivity contribution is 5.20. The van der Waals surface area contributed by atoms with Gasteiger partial charge in [-0.05, 0) is 25.5 Å². The lowest BCUT2D eigenvalue weighted by Crippen LogP contribution is -2.29. The fourth-order valence-electron chi connectivity index (χ4n) is 1.18. The number of hydrogen-bond acceptors (Lipinski definition) is 3. The van der Waals surface area contributed by atoms with Crippen LogP contribution in [0.2, 0.25) is 0 Å². The summed E-state index contributed by atoms with van der Waals surface area (Å²) in [7, 11) is 0. The molecule has 3 heteroatoms. The second-order valence-electron chi connectivity index (χ2n) is 3.37. The number of rotatable bonds is 7. The largest absolute Gasteiger partial charge is 0.492 e. The van der Waals surface area contributed by atoms with Crippen molar-refractivity contribution in [3.63, 3.8) is 0 Å². The third-order valence-electron chi connectivity index (χ3n) is 2.04. The first-order valence-electron chi connectivity index (χ1n) is 5.34. The van der Waals surface area contributed by atoms with Gasteiger partial charge in [0.2, 0.25) is 0 Å². The van der Waals surface area contributed by atoms with Gasteiger partial charge in [-0.15, -0.1) is 0 Å². The minimum Gasteiger partial charge on any atom is -0.492 e. The minimum absolute atomic E-state index is 0.0387. The quantitative estimate of drug-likeness (QED) is 0.697. The molecule has 1 aromatic carbocycles. The van der Waals surface area contributed by atoms with Gasteiger partial charge in [-0.3, -0.25) is 0 Å². The first kappa shape index (κ1) is 12.0. The van der Waals surface area contributed by atoms with Crippen molar-refractivity contribution in [2.24, 2.45) is 5.73 Å². The highest BCUT2D eigenvalue weighted by atomic mass is 16.5. The molecule has 3 nitrogen and oxygen atoms in total. The molecule has 0 amide bonds. The van der Waals surface area contributed by atoms with Gasteiger partial charge in [0.05, 0.1) is 0 Å². The van der Waals surface area contributed by atoms with E-state index >= 15 is 0 Å². The Balaban J connectivity index is 2.14. The van der Waals surface area contributed by atoms with E-state index in [9.17, 15) is 0 Å². The summed E-state index contributed by atoms with van der Waals surface area (Å²) < 4.78 is 10.7. The molecule has 0 bridgehead atoms. The van der Waals surface area contributed by atoms with Gasteiger partial charge in [0, 0.05) is 19.3 Å². The van der Waals surface area contributed by atoms with Crippen molar-refractivity contribution >= 4 is 0 Å². The zero-order chi connectivity index (χ0) is 10.9. The Hall–Kier alpha value is -1.06. The number of hydrogen-bond donors (Lipinski definition) is 1. The molecule has 1 unspecified atom stereocenters. The van der Waals surface area contributed by atoms with Crippen LogP contribution in [0.4, 0.5) is 0 Å². The maximum absolute atomic E-state index is 5.86. The molecule has 0 saturated heterocycles. The molecule has 1 rings (SSSR count). The van der Waals surface area contributed by atoms with Crippen LogP contribution in [-0.2, 0) is 4.74 Å². The van der Waals surface area contributed by atoms with Gasteiger partial charge in [0.15, 0.2) is 0 Å². The molecule has 0 spiro atoms. The second-order valence-corrected chi connectivity index (χ2v) is 3.37. The van der Waals surface area contributed by atoms with E-state index in [1.165, 1.54) is 0 Å². The van der Waals surface area contributed by atoms with Crippen LogP contribution in [0, 0.1) is 0 Å². The zero-order valence-corrected chi connectivity index (χ0v) is 9.19. The van der Waals surface area contributed by atoms with Crippen LogP contribution in [0.1, 0.15) is 13.3 Å². The first-order valence-corrected chi connectivity index (χ1v) is 5.34. The van der Waals surface area contributed by atoms with E-state index in [1.807, 2.05) is 37.3 Å². The summed E-state index contributed by atoms with van der Waals surface area (Å²) in [5, 5.41) is 0. The van der Waals surface area contributed by atoms with Crippen molar-refractivity contribution in [2.45, 2.75) is 19.4 Å². The Labute approximate surface area is 91.2 Å². The lowest BCUT2D eigenvalue weighted by Gasteiger charge is -2.12. The Bertz CT molecular complexity index is 251. The summed E-state index contributed by atoms with van der Waals surface area (Å²) >= 11 is 0. The fourth-order valence-corrected chi connectivity index (χ4v) is 1.18. The Morgan fingerprint density at radius 2 is 2.00 bits per heavy atom. The molecule has 0 aromatic heterocycles. The van der Waals surface area contributed by atoms with Crippen molar-refractivity contribution in [2.75, 3.05) is 19.8 Å². The third kappa shape index (κ3) is 5.40. The summed E-state index contributed by atoms with van der Waals surface area (Å²) in [6.07, 6.45) is 0.834. The Morgan fingerprint density at radius 1 is 1.27 bits per heavy atom. The zero-order valence-electron chi connectivity index (χ0n) is 9.19. The minimum atomic E-state index is 0.0387. The van der Waals surface area contributed by atoms with E-state index in [1.54, 1.807) is 0 Å². The van der Waals surface area contributed by atoms with Crippen LogP contribution in [-0.4, -0.2) is 25.9 Å². The molecular weight excluding hydrogens is 190 g/mol. The van der Waals surface area contributed by atoms with Gasteiger partial charge in [-0.25, -0.2) is 0 Å². The molecule has 1 atom stereocenters. The Morgan fingerprint density at radius 3 is 2.67 bits per heavy atom. The molecule has 1 aromatic rings. The smallest absolute Gasteiger partial charge is 0.119 e. The van der Waals surface area contributed by atoms with Gasteiger partial charge in [0.1, 0.15) is 12.4 Å². The molecular formula is C12H19NO2. The maximum Gasteiger partial charge on any atom is 0.119 e. The maximum atomic E-state index is 5.86. The summed E-state index contributed by atoms with van der Waals surface area (Å²) in [6.45, 7) is 3.96. The van der Waals surface area contributed by atoms with E-state index in [4.69, 9.17) is 15.2 Å². The standard InChI is InChI=1S/C12H19NO2/c1-2-14-9-8-11(13)10-15-12-6-4-3-5-7-12/h3-7,11H,2,8-10,13H2,1H3. The average Bonchev–Trinajstić information content (AvgIpc) is 2.28. The molecule has 15 heavy (non-hydrogen) atoms. The number of ether oxygens (including phenoxy) is 2. The number of nitrogens with two attached hydrogens (primary N) is 1. The van der Waals surface area contributed by atoms with Gasteiger partial charge < -0.3 is 15.2 Å². The first-order chi connectivity index (χ1) is 7.33. The van der Waals surface area contributed by atoms with E-state index in [0.717, 1.165) is 18.8 Å². The molecule has 0 aliphatic heterocycles. The molecule has 84 valence electrons. The van der Waals surface area contributed by atoms with Crippen LogP contribution in [0.15, 0.2) is 30.3 Å². The average molecular weight is 209 g/mol. The van der Waals surface area contributed by atoms with Crippen molar-refractivity contribution < 1.29 is 9.47 Å². The van der Waals surface area contributed by atoms with Gasteiger partial charge in [-0.1, -0.05) is 18.2 Å². The van der Waals surface area contributed by atoms with Gasteiger partial charge >= 0.3 is 0 Å². The highest BCUT2D eigenvalue weighted by Gasteiger charge is 2.02. The summed E-state index contributed by atoms with van der Waals surface area (Å²) in [5.41, 5.74) is 5.86. The topological polar surface area (TPSA) is 44.5 Å². The van der Waals surface area contributed by atoms with E-state index in [0.29, 0.717) is 13.2 Å². The normalized spacial score (nSPS) is 12.4. The van der Waals surface area contributed by atoms with Crippen LogP contribution in [0.3, 0.4) is 0 Å². The molecule has 0 saturated carbocycles. The highest BCUT2D eigenvalue weighted by Crippen LogP contribution is 2.08. The van der Waals surface area contributed by atoms with Gasteiger partial charge in [-0.2, -0.15) is 0 Å². The van der Waals surface area contributed by atoms with Crippen molar-refractivity contribution in [1.82, 2.24) is 0 Å². The second kappa shape index (κ2) is 7.26. The molecule has 0 aliphatic rings. The van der Waals surface area contributed by atoms with Crippen molar-refractivity contribution in [3.8, 4) is 5.75 Å². The van der Waals surface area contributed by atoms with Crippen LogP contribution >= 0.6 is 0 Å². The van der Waals surface area contributed by atoms with Crippen LogP contribution in [0.5, 0.6) is 5.75 Å². The molecule has 0 radical (unpaired) electrons. The number of benzene rings is 1. The van der Waals surface area contributed by atoms with E-state index < -0.39 is 0 Å². The predicted octanol–water partition coefficient (Wildman–Crippen LogP) is 1.82. The predicted molar refractivity (Wildman–Crippen MR) is 61.0 cm³/mol. The third-order valence-corrected chi connectivity index (χ3v) is 2.04. The summed E-state index contributed by atoms with van der Waals surface area (Å²) in [4.78, 5) is 0. The molecule has 2 N–H and O–H groups in total. The fraction of sp³-hybridized carbons (Fsp3) is 0.500. The number of para-hydroxylation sites is 1. The van der Waals surface area contributed by atoms with Crippen LogP contribution < -0.4 is 10.5 Å². The van der Waals surface area contributed by atoms with Crippen LogP contribution in [0.25, 0.3) is 0 Å². The SMILES string of the molecule is CCOCCC(N)COc1ccccc1. The summed E-state index contributed by atoms with van der Waals surface area (Å²) in [5.74, 6) is 0.865. The molecule has 0 aliphatic carbocycles. The molecule has 0 fully saturated rings. The van der Waals surface area contributed by atoms with Gasteiger partial charge in [0.25, 0.3) is 0 Å². The Kier molecular flexibility index (Phi) is 5.81. The van der Waals surface area contributed by atoms with Crippen molar-refractivity contribution in [3.05, 3.63) is 30.3 Å². The molecule has 0 heterocycles. The lowest BCUT2D eigenvalue weighted by molar-refractivity contribution is 0.133. The monoisotopic (exact) mass is 209 g/mol. The van der Waals surface area contributed by atoms with Crippen molar-refractivity contribution in [1.29, 1.82) is 0 Å². The van der Waals surface area contributed by atoms with E-state index in [-0.39, 0.29) is 6.04 Å².